The summed E-state index contributed by atoms with van der Waals surface area (Å²) < 4.78 is 3.19. The summed E-state index contributed by atoms with van der Waals surface area (Å²) in [5.41, 5.74) is 4.02. The average molecular weight is 407 g/mol. The third kappa shape index (κ3) is 3.13. The molecule has 4 rings (SSSR count). The fraction of sp³-hybridized carbons (Fsp3) is 0.0476. The van der Waals surface area contributed by atoms with Gasteiger partial charge in [-0.1, -0.05) is 52.3 Å². The van der Waals surface area contributed by atoms with Gasteiger partial charge in [-0.2, -0.15) is 0 Å². The summed E-state index contributed by atoms with van der Waals surface area (Å²) >= 11 is 3.53. The van der Waals surface area contributed by atoms with Gasteiger partial charge in [0.25, 0.3) is 0 Å². The van der Waals surface area contributed by atoms with Crippen LogP contribution in [-0.2, 0) is 6.54 Å². The quantitative estimate of drug-likeness (QED) is 0.505. The standard InChI is InChI=1S/C21H15BrN2O2/c22-16-9-10-19-15(11-16)12-20(14-5-2-1-3-6-14)24(19)13-17-7-4-8-18(23-17)21(25)26/h1-12H,13H2,(H,25,26). The van der Waals surface area contributed by atoms with Crippen LogP contribution in [0.25, 0.3) is 22.2 Å². The lowest BCUT2D eigenvalue weighted by Crippen LogP contribution is -2.07. The molecule has 0 saturated heterocycles. The summed E-state index contributed by atoms with van der Waals surface area (Å²) in [6.07, 6.45) is 0. The molecule has 0 aliphatic carbocycles. The van der Waals surface area contributed by atoms with Gasteiger partial charge in [0.2, 0.25) is 0 Å². The highest BCUT2D eigenvalue weighted by Crippen LogP contribution is 2.30. The molecule has 0 fully saturated rings. The van der Waals surface area contributed by atoms with Gasteiger partial charge in [0, 0.05) is 21.1 Å². The zero-order valence-electron chi connectivity index (χ0n) is 13.8. The minimum atomic E-state index is -1.02. The molecule has 0 unspecified atom stereocenters. The molecule has 2 heterocycles. The Morgan fingerprint density at radius 3 is 2.58 bits per heavy atom. The van der Waals surface area contributed by atoms with E-state index in [1.54, 1.807) is 6.07 Å². The van der Waals surface area contributed by atoms with Crippen LogP contribution in [0.2, 0.25) is 0 Å². The van der Waals surface area contributed by atoms with Crippen molar-refractivity contribution < 1.29 is 9.90 Å². The van der Waals surface area contributed by atoms with Crippen LogP contribution in [0.1, 0.15) is 16.2 Å². The SMILES string of the molecule is O=C(O)c1cccc(Cn2c(-c3ccccc3)cc3cc(Br)ccc32)n1. The molecule has 4 aromatic rings. The summed E-state index contributed by atoms with van der Waals surface area (Å²) in [4.78, 5) is 15.5. The summed E-state index contributed by atoms with van der Waals surface area (Å²) in [5.74, 6) is -1.02. The Balaban J connectivity index is 1.87. The largest absolute Gasteiger partial charge is 0.477 e. The van der Waals surface area contributed by atoms with Gasteiger partial charge < -0.3 is 9.67 Å². The summed E-state index contributed by atoms with van der Waals surface area (Å²) in [5, 5.41) is 10.3. The normalized spacial score (nSPS) is 11.0. The highest BCUT2D eigenvalue weighted by molar-refractivity contribution is 9.10. The van der Waals surface area contributed by atoms with Crippen LogP contribution in [0.4, 0.5) is 0 Å². The zero-order chi connectivity index (χ0) is 18.1. The topological polar surface area (TPSA) is 55.1 Å². The van der Waals surface area contributed by atoms with Crippen molar-refractivity contribution in [3.05, 3.63) is 88.7 Å². The van der Waals surface area contributed by atoms with Gasteiger partial charge in [-0.05, 0) is 42.0 Å². The van der Waals surface area contributed by atoms with Crippen LogP contribution in [-0.4, -0.2) is 20.6 Å². The molecule has 0 radical (unpaired) electrons. The molecule has 0 aliphatic rings. The zero-order valence-corrected chi connectivity index (χ0v) is 15.3. The molecule has 0 bridgehead atoms. The first-order chi connectivity index (χ1) is 12.6. The van der Waals surface area contributed by atoms with E-state index in [0.717, 1.165) is 26.6 Å². The number of rotatable bonds is 4. The van der Waals surface area contributed by atoms with E-state index in [1.165, 1.54) is 6.07 Å². The second kappa shape index (κ2) is 6.77. The Kier molecular flexibility index (Phi) is 4.31. The van der Waals surface area contributed by atoms with Gasteiger partial charge in [-0.15, -0.1) is 0 Å². The predicted molar refractivity (Wildman–Crippen MR) is 105 cm³/mol. The number of fused-ring (bicyclic) bond motifs is 1. The average Bonchev–Trinajstić information content (AvgIpc) is 3.00. The number of carboxylic acids is 1. The molecular formula is C21H15BrN2O2. The predicted octanol–water partition coefficient (Wildman–Crippen LogP) is 5.21. The lowest BCUT2D eigenvalue weighted by molar-refractivity contribution is 0.0690. The molecule has 0 saturated carbocycles. The lowest BCUT2D eigenvalue weighted by Gasteiger charge is -2.11. The fourth-order valence-electron chi connectivity index (χ4n) is 3.11. The fourth-order valence-corrected chi connectivity index (χ4v) is 3.49. The molecule has 0 spiro atoms. The lowest BCUT2D eigenvalue weighted by atomic mass is 10.1. The third-order valence-corrected chi connectivity index (χ3v) is 4.77. The van der Waals surface area contributed by atoms with Gasteiger partial charge >= 0.3 is 5.97 Å². The molecule has 26 heavy (non-hydrogen) atoms. The number of aromatic carboxylic acids is 1. The molecule has 2 aromatic heterocycles. The maximum absolute atomic E-state index is 11.2. The third-order valence-electron chi connectivity index (χ3n) is 4.28. The monoisotopic (exact) mass is 406 g/mol. The van der Waals surface area contributed by atoms with Gasteiger partial charge in [0.15, 0.2) is 0 Å². The van der Waals surface area contributed by atoms with Crippen molar-refractivity contribution in [1.82, 2.24) is 9.55 Å². The number of benzene rings is 2. The van der Waals surface area contributed by atoms with Crippen LogP contribution < -0.4 is 0 Å². The molecule has 5 heteroatoms. The first kappa shape index (κ1) is 16.5. The maximum atomic E-state index is 11.2. The van der Waals surface area contributed by atoms with E-state index >= 15 is 0 Å². The summed E-state index contributed by atoms with van der Waals surface area (Å²) in [6.45, 7) is 0.497. The number of carboxylic acid groups (broad SMARTS) is 1. The van der Waals surface area contributed by atoms with Crippen LogP contribution >= 0.6 is 15.9 Å². The molecule has 0 atom stereocenters. The van der Waals surface area contributed by atoms with Crippen molar-refractivity contribution >= 4 is 32.8 Å². The van der Waals surface area contributed by atoms with E-state index in [1.807, 2.05) is 30.3 Å². The number of nitrogens with zero attached hydrogens (tertiary/aromatic N) is 2. The second-order valence-corrected chi connectivity index (χ2v) is 6.92. The molecule has 128 valence electrons. The van der Waals surface area contributed by atoms with Crippen LogP contribution in [0, 0.1) is 0 Å². The van der Waals surface area contributed by atoms with Gasteiger partial charge in [-0.25, -0.2) is 9.78 Å². The Bertz CT molecular complexity index is 1100. The molecule has 1 N–H and O–H groups in total. The number of pyridine rings is 1. The molecule has 4 nitrogen and oxygen atoms in total. The van der Waals surface area contributed by atoms with Crippen molar-refractivity contribution in [1.29, 1.82) is 0 Å². The van der Waals surface area contributed by atoms with E-state index in [4.69, 9.17) is 0 Å². The second-order valence-electron chi connectivity index (χ2n) is 6.00. The molecular weight excluding hydrogens is 392 g/mol. The molecule has 0 aliphatic heterocycles. The summed E-state index contributed by atoms with van der Waals surface area (Å²) in [7, 11) is 0. The van der Waals surface area contributed by atoms with Crippen LogP contribution in [0.15, 0.2) is 77.3 Å². The van der Waals surface area contributed by atoms with Crippen molar-refractivity contribution in [2.24, 2.45) is 0 Å². The highest BCUT2D eigenvalue weighted by atomic mass is 79.9. The Morgan fingerprint density at radius 2 is 1.81 bits per heavy atom. The van der Waals surface area contributed by atoms with Crippen molar-refractivity contribution in [2.45, 2.75) is 6.54 Å². The number of hydrogen-bond acceptors (Lipinski definition) is 2. The molecule has 2 aromatic carbocycles. The van der Waals surface area contributed by atoms with Crippen LogP contribution in [0.5, 0.6) is 0 Å². The van der Waals surface area contributed by atoms with Gasteiger partial charge in [-0.3, -0.25) is 0 Å². The van der Waals surface area contributed by atoms with Crippen molar-refractivity contribution in [3.8, 4) is 11.3 Å². The number of hydrogen-bond donors (Lipinski definition) is 1. The van der Waals surface area contributed by atoms with E-state index < -0.39 is 5.97 Å². The number of carbonyl (C=O) groups is 1. The first-order valence-corrected chi connectivity index (χ1v) is 8.94. The minimum absolute atomic E-state index is 0.0583. The van der Waals surface area contributed by atoms with Gasteiger partial charge in [0.1, 0.15) is 5.69 Å². The Morgan fingerprint density at radius 1 is 1.00 bits per heavy atom. The summed E-state index contributed by atoms with van der Waals surface area (Å²) in [6, 6.07) is 23.5. The van der Waals surface area contributed by atoms with E-state index in [9.17, 15) is 9.90 Å². The van der Waals surface area contributed by atoms with Crippen molar-refractivity contribution in [2.75, 3.05) is 0 Å². The first-order valence-electron chi connectivity index (χ1n) is 8.15. The van der Waals surface area contributed by atoms with Crippen molar-refractivity contribution in [3.63, 3.8) is 0 Å². The Labute approximate surface area is 158 Å². The Hall–Kier alpha value is -2.92. The number of halogens is 1. The van der Waals surface area contributed by atoms with E-state index in [2.05, 4.69) is 55.8 Å². The highest BCUT2D eigenvalue weighted by Gasteiger charge is 2.13. The van der Waals surface area contributed by atoms with E-state index in [0.29, 0.717) is 12.2 Å². The number of aromatic nitrogens is 2. The maximum Gasteiger partial charge on any atom is 0.354 e. The van der Waals surface area contributed by atoms with Crippen LogP contribution in [0.3, 0.4) is 0 Å². The minimum Gasteiger partial charge on any atom is -0.477 e. The smallest absolute Gasteiger partial charge is 0.354 e. The molecule has 0 amide bonds. The van der Waals surface area contributed by atoms with Gasteiger partial charge in [0.05, 0.1) is 12.2 Å². The van der Waals surface area contributed by atoms with E-state index in [-0.39, 0.29) is 5.69 Å².